The molecule has 0 radical (unpaired) electrons. The Hall–Kier alpha value is -1.19. The lowest BCUT2D eigenvalue weighted by Gasteiger charge is -2.41. The van der Waals surface area contributed by atoms with Gasteiger partial charge in [-0.2, -0.15) is 0 Å². The summed E-state index contributed by atoms with van der Waals surface area (Å²) in [7, 11) is 0. The second-order valence-electron chi connectivity index (χ2n) is 6.71. The molecule has 3 heteroatoms. The molecule has 1 fully saturated rings. The van der Waals surface area contributed by atoms with Gasteiger partial charge in [0.2, 0.25) is 0 Å². The predicted octanol–water partition coefficient (Wildman–Crippen LogP) is 3.13. The molecule has 1 N–H and O–H groups in total. The Morgan fingerprint density at radius 1 is 1.29 bits per heavy atom. The molecule has 21 heavy (non-hydrogen) atoms. The molecule has 0 saturated heterocycles. The van der Waals surface area contributed by atoms with Crippen LogP contribution in [0.1, 0.15) is 49.9 Å². The van der Waals surface area contributed by atoms with Crippen molar-refractivity contribution in [1.29, 1.82) is 0 Å². The maximum atomic E-state index is 12.7. The zero-order chi connectivity index (χ0) is 15.3. The Morgan fingerprint density at radius 3 is 2.48 bits per heavy atom. The molecule has 1 aliphatic rings. The van der Waals surface area contributed by atoms with E-state index in [4.69, 9.17) is 5.11 Å². The van der Waals surface area contributed by atoms with Crippen LogP contribution in [0.4, 0.5) is 0 Å². The van der Waals surface area contributed by atoms with Crippen molar-refractivity contribution in [1.82, 2.24) is 4.90 Å². The predicted molar refractivity (Wildman–Crippen MR) is 85.5 cm³/mol. The molecule has 1 aliphatic carbocycles. The van der Waals surface area contributed by atoms with Crippen molar-refractivity contribution in [3.8, 4) is 0 Å². The minimum Gasteiger partial charge on any atom is -0.396 e. The number of aliphatic hydroxyl groups is 1. The average molecular weight is 289 g/mol. The van der Waals surface area contributed by atoms with Crippen molar-refractivity contribution in [3.05, 3.63) is 35.9 Å². The minimum atomic E-state index is -0.396. The monoisotopic (exact) mass is 289 g/mol. The number of carbonyl (C=O) groups is 1. The molecule has 1 aromatic rings. The number of aliphatic hydroxyl groups excluding tert-OH is 1. The summed E-state index contributed by atoms with van der Waals surface area (Å²) in [6.45, 7) is 5.94. The SMILES string of the molecule is CC(C)(CN(CCCO)C1CCC1)C(=O)c1ccccc1. The zero-order valence-electron chi connectivity index (χ0n) is 13.2. The fourth-order valence-corrected chi connectivity index (χ4v) is 2.98. The van der Waals surface area contributed by atoms with Crippen molar-refractivity contribution in [3.63, 3.8) is 0 Å². The highest BCUT2D eigenvalue weighted by Crippen LogP contribution is 2.30. The molecule has 0 aliphatic heterocycles. The standard InChI is InChI=1S/C18H27NO2/c1-18(2,17(21)15-8-4-3-5-9-15)14-19(12-7-13-20)16-10-6-11-16/h3-5,8-9,16,20H,6-7,10-14H2,1-2H3. The molecule has 0 atom stereocenters. The second kappa shape index (κ2) is 7.19. The van der Waals surface area contributed by atoms with Crippen molar-refractivity contribution in [2.24, 2.45) is 5.41 Å². The van der Waals surface area contributed by atoms with Gasteiger partial charge in [0.05, 0.1) is 0 Å². The molecule has 1 aromatic carbocycles. The zero-order valence-corrected chi connectivity index (χ0v) is 13.2. The summed E-state index contributed by atoms with van der Waals surface area (Å²) >= 11 is 0. The van der Waals surface area contributed by atoms with Crippen LogP contribution in [0.3, 0.4) is 0 Å². The molecule has 0 aromatic heterocycles. The third-order valence-electron chi connectivity index (χ3n) is 4.44. The van der Waals surface area contributed by atoms with Gasteiger partial charge in [0.1, 0.15) is 0 Å². The van der Waals surface area contributed by atoms with Crippen LogP contribution in [0.5, 0.6) is 0 Å². The quantitative estimate of drug-likeness (QED) is 0.747. The van der Waals surface area contributed by atoms with E-state index < -0.39 is 5.41 Å². The van der Waals surface area contributed by atoms with Gasteiger partial charge >= 0.3 is 0 Å². The van der Waals surface area contributed by atoms with Crippen molar-refractivity contribution in [2.75, 3.05) is 19.7 Å². The summed E-state index contributed by atoms with van der Waals surface area (Å²) in [5.41, 5.74) is 0.394. The van der Waals surface area contributed by atoms with E-state index in [1.165, 1.54) is 19.3 Å². The third-order valence-corrected chi connectivity index (χ3v) is 4.44. The fraction of sp³-hybridized carbons (Fsp3) is 0.611. The second-order valence-corrected chi connectivity index (χ2v) is 6.71. The van der Waals surface area contributed by atoms with Gasteiger partial charge in [-0.25, -0.2) is 0 Å². The Balaban J connectivity index is 2.04. The molecule has 3 nitrogen and oxygen atoms in total. The molecule has 1 saturated carbocycles. The first-order valence-corrected chi connectivity index (χ1v) is 7.99. The first kappa shape index (κ1) is 16.2. The van der Waals surface area contributed by atoms with Gasteiger partial charge in [-0.3, -0.25) is 9.69 Å². The maximum absolute atomic E-state index is 12.7. The lowest BCUT2D eigenvalue weighted by Crippen LogP contribution is -2.47. The van der Waals surface area contributed by atoms with Gasteiger partial charge in [0.25, 0.3) is 0 Å². The van der Waals surface area contributed by atoms with Crippen LogP contribution in [-0.4, -0.2) is 41.5 Å². The number of benzene rings is 1. The highest BCUT2D eigenvalue weighted by atomic mass is 16.3. The minimum absolute atomic E-state index is 0.205. The fourth-order valence-electron chi connectivity index (χ4n) is 2.98. The van der Waals surface area contributed by atoms with Gasteiger partial charge in [0, 0.05) is 36.7 Å². The molecule has 2 rings (SSSR count). The lowest BCUT2D eigenvalue weighted by molar-refractivity contribution is 0.0576. The normalized spacial score (nSPS) is 16.0. The Morgan fingerprint density at radius 2 is 1.95 bits per heavy atom. The topological polar surface area (TPSA) is 40.5 Å². The van der Waals surface area contributed by atoms with E-state index in [0.29, 0.717) is 6.04 Å². The molecule has 0 unspecified atom stereocenters. The van der Waals surface area contributed by atoms with E-state index in [9.17, 15) is 4.79 Å². The van der Waals surface area contributed by atoms with E-state index in [2.05, 4.69) is 4.90 Å². The summed E-state index contributed by atoms with van der Waals surface area (Å²) in [4.78, 5) is 15.1. The molecular weight excluding hydrogens is 262 g/mol. The summed E-state index contributed by atoms with van der Waals surface area (Å²) in [5.74, 6) is 0.205. The van der Waals surface area contributed by atoms with Gasteiger partial charge in [0.15, 0.2) is 5.78 Å². The molecule has 0 bridgehead atoms. The summed E-state index contributed by atoms with van der Waals surface area (Å²) in [6.07, 6.45) is 4.52. The van der Waals surface area contributed by atoms with Gasteiger partial charge in [-0.05, 0) is 19.3 Å². The van der Waals surface area contributed by atoms with Crippen molar-refractivity contribution >= 4 is 5.78 Å². The van der Waals surface area contributed by atoms with Crippen LogP contribution in [0.2, 0.25) is 0 Å². The number of carbonyl (C=O) groups excluding carboxylic acids is 1. The first-order valence-electron chi connectivity index (χ1n) is 7.99. The largest absolute Gasteiger partial charge is 0.396 e. The molecule has 116 valence electrons. The Kier molecular flexibility index (Phi) is 5.54. The van der Waals surface area contributed by atoms with Crippen LogP contribution in [0.15, 0.2) is 30.3 Å². The number of hydrogen-bond donors (Lipinski definition) is 1. The van der Waals surface area contributed by atoms with E-state index in [-0.39, 0.29) is 12.4 Å². The van der Waals surface area contributed by atoms with Crippen LogP contribution < -0.4 is 0 Å². The lowest BCUT2D eigenvalue weighted by atomic mass is 9.81. The molecular formula is C18H27NO2. The number of hydrogen-bond acceptors (Lipinski definition) is 3. The molecule has 0 heterocycles. The Labute approximate surface area is 128 Å². The van der Waals surface area contributed by atoms with Crippen molar-refractivity contribution < 1.29 is 9.90 Å². The summed E-state index contributed by atoms with van der Waals surface area (Å²) in [6, 6.07) is 10.2. The maximum Gasteiger partial charge on any atom is 0.169 e. The van der Waals surface area contributed by atoms with E-state index in [0.717, 1.165) is 25.1 Å². The van der Waals surface area contributed by atoms with Gasteiger partial charge in [-0.15, -0.1) is 0 Å². The number of ketones is 1. The van der Waals surface area contributed by atoms with E-state index >= 15 is 0 Å². The van der Waals surface area contributed by atoms with Gasteiger partial charge in [-0.1, -0.05) is 50.6 Å². The van der Waals surface area contributed by atoms with E-state index in [1.54, 1.807) is 0 Å². The van der Waals surface area contributed by atoms with Crippen LogP contribution in [-0.2, 0) is 0 Å². The van der Waals surface area contributed by atoms with Gasteiger partial charge < -0.3 is 5.11 Å². The highest BCUT2D eigenvalue weighted by Gasteiger charge is 2.34. The van der Waals surface area contributed by atoms with Crippen molar-refractivity contribution in [2.45, 2.75) is 45.6 Å². The highest BCUT2D eigenvalue weighted by molar-refractivity contribution is 6.00. The molecule has 0 amide bonds. The average Bonchev–Trinajstić information content (AvgIpc) is 2.42. The Bertz CT molecular complexity index is 452. The summed E-state index contributed by atoms with van der Waals surface area (Å²) in [5, 5.41) is 9.08. The smallest absolute Gasteiger partial charge is 0.169 e. The van der Waals surface area contributed by atoms with E-state index in [1.807, 2.05) is 44.2 Å². The number of rotatable bonds is 8. The number of nitrogens with zero attached hydrogens (tertiary/aromatic N) is 1. The van der Waals surface area contributed by atoms with Crippen LogP contribution in [0.25, 0.3) is 0 Å². The number of Topliss-reactive ketones (excluding diaryl/α,β-unsaturated/α-hetero) is 1. The van der Waals surface area contributed by atoms with Crippen LogP contribution >= 0.6 is 0 Å². The first-order chi connectivity index (χ1) is 10.0. The van der Waals surface area contributed by atoms with Crippen LogP contribution in [0, 0.1) is 5.41 Å². The third kappa shape index (κ3) is 4.14. The summed E-state index contributed by atoms with van der Waals surface area (Å²) < 4.78 is 0. The molecule has 0 spiro atoms.